The maximum atomic E-state index is 13.2. The van der Waals surface area contributed by atoms with Gasteiger partial charge in [0.1, 0.15) is 0 Å². The molecule has 7 rings (SSSR count). The highest BCUT2D eigenvalue weighted by Gasteiger charge is 2.38. The zero-order chi connectivity index (χ0) is 29.0. The summed E-state index contributed by atoms with van der Waals surface area (Å²) in [5, 5.41) is 32.0. The van der Waals surface area contributed by atoms with Crippen molar-refractivity contribution in [3.8, 4) is 11.1 Å². The van der Waals surface area contributed by atoms with Gasteiger partial charge in [-0.25, -0.2) is 0 Å². The molecule has 1 atom stereocenters. The number of β-amino-alcohol motifs (C(OH)–C–C–N with tert-alkyl or cyclic N) is 1. The molecule has 42 heavy (non-hydrogen) atoms. The first kappa shape index (κ1) is 26.8. The minimum atomic E-state index is -0.281. The van der Waals surface area contributed by atoms with Crippen LogP contribution in [0, 0.1) is 5.92 Å². The molecule has 4 aliphatic rings. The van der Waals surface area contributed by atoms with Gasteiger partial charge < -0.3 is 26.0 Å². The van der Waals surface area contributed by atoms with Crippen molar-refractivity contribution in [2.75, 3.05) is 48.8 Å². The van der Waals surface area contributed by atoms with Crippen molar-refractivity contribution in [3.63, 3.8) is 0 Å². The molecule has 0 spiro atoms. The number of aliphatic hydroxyl groups excluding tert-OH is 1. The minimum Gasteiger partial charge on any atom is -0.395 e. The average molecular weight is 572 g/mol. The second kappa shape index (κ2) is 10.7. The van der Waals surface area contributed by atoms with E-state index < -0.39 is 0 Å². The van der Waals surface area contributed by atoms with E-state index in [1.165, 1.54) is 5.69 Å². The van der Waals surface area contributed by atoms with Crippen LogP contribution in [0.25, 0.3) is 11.1 Å². The summed E-state index contributed by atoms with van der Waals surface area (Å²) < 4.78 is 2.18. The molecule has 12 nitrogen and oxygen atoms in total. The molecule has 2 aliphatic carbocycles. The van der Waals surface area contributed by atoms with Gasteiger partial charge in [-0.15, -0.1) is 10.2 Å². The quantitative estimate of drug-likeness (QED) is 0.289. The molecular formula is C30H37N9O3. The standard InChI is InChI=1S/C30H37N9O3/c1-3-24-28-21(14-31-39(28)19-15-38(16-19)11-12-40)20-5-4-6-22(27(20)37(24)2)33-23-13-25(34-29(41)17-7-8-17)35-36-26(23)30(42)32-18-9-10-18/h4-6,13-14,17-19,24,40H,3,7-12,15-16H2,1-2H3,(H,32,42)(H2,33,34,35,41). The van der Waals surface area contributed by atoms with Crippen LogP contribution in [0.15, 0.2) is 30.5 Å². The van der Waals surface area contributed by atoms with Gasteiger partial charge in [0, 0.05) is 55.8 Å². The zero-order valence-corrected chi connectivity index (χ0v) is 24.0. The molecule has 4 heterocycles. The number of aromatic nitrogens is 4. The topological polar surface area (TPSA) is 141 Å². The predicted molar refractivity (Wildman–Crippen MR) is 159 cm³/mol. The summed E-state index contributed by atoms with van der Waals surface area (Å²) in [7, 11) is 2.10. The molecule has 0 bridgehead atoms. The highest BCUT2D eigenvalue weighted by Crippen LogP contribution is 2.50. The number of likely N-dealkylation sites (tertiary alicyclic amines) is 1. The molecule has 1 saturated heterocycles. The highest BCUT2D eigenvalue weighted by molar-refractivity contribution is 6.01. The number of hydrogen-bond acceptors (Lipinski definition) is 9. The lowest BCUT2D eigenvalue weighted by Crippen LogP contribution is -2.49. The SMILES string of the molecule is CCC1c2c(cnn2C2CN(CCO)C2)-c2cccc(Nc3cc(NC(=O)C4CC4)nnc3C(=O)NC3CC3)c2N1C. The third-order valence-corrected chi connectivity index (χ3v) is 8.77. The van der Waals surface area contributed by atoms with Gasteiger partial charge in [0.2, 0.25) is 5.91 Å². The largest absolute Gasteiger partial charge is 0.395 e. The first-order valence-electron chi connectivity index (χ1n) is 15.0. The number of nitrogens with zero attached hydrogens (tertiary/aromatic N) is 6. The van der Waals surface area contributed by atoms with Gasteiger partial charge in [0.15, 0.2) is 11.5 Å². The number of para-hydroxylation sites is 1. The molecule has 1 unspecified atom stereocenters. The number of nitrogens with one attached hydrogen (secondary N) is 3. The van der Waals surface area contributed by atoms with Crippen LogP contribution >= 0.6 is 0 Å². The molecule has 1 aromatic carbocycles. The first-order chi connectivity index (χ1) is 20.4. The molecule has 2 aromatic heterocycles. The number of amides is 2. The Hall–Kier alpha value is -4.03. The van der Waals surface area contributed by atoms with Gasteiger partial charge in [0.25, 0.3) is 5.91 Å². The van der Waals surface area contributed by atoms with Gasteiger partial charge in [-0.2, -0.15) is 5.10 Å². The van der Waals surface area contributed by atoms with E-state index in [1.807, 2.05) is 18.3 Å². The summed E-state index contributed by atoms with van der Waals surface area (Å²) in [5.41, 5.74) is 5.91. The number of anilines is 4. The smallest absolute Gasteiger partial charge is 0.274 e. The van der Waals surface area contributed by atoms with Crippen molar-refractivity contribution in [1.29, 1.82) is 0 Å². The fourth-order valence-electron chi connectivity index (χ4n) is 6.19. The molecule has 12 heteroatoms. The molecule has 0 radical (unpaired) electrons. The van der Waals surface area contributed by atoms with E-state index in [4.69, 9.17) is 5.10 Å². The van der Waals surface area contributed by atoms with Crippen LogP contribution < -0.4 is 20.9 Å². The van der Waals surface area contributed by atoms with E-state index >= 15 is 0 Å². The number of rotatable bonds is 10. The first-order valence-corrected chi connectivity index (χ1v) is 15.0. The fraction of sp³-hybridized carbons (Fsp3) is 0.500. The lowest BCUT2D eigenvalue weighted by Gasteiger charge is -2.42. The normalized spacial score (nSPS) is 20.0. The molecular weight excluding hydrogens is 534 g/mol. The Balaban J connectivity index is 1.24. The lowest BCUT2D eigenvalue weighted by molar-refractivity contribution is -0.117. The van der Waals surface area contributed by atoms with E-state index in [1.54, 1.807) is 6.07 Å². The molecule has 3 aromatic rings. The number of hydrogen-bond donors (Lipinski definition) is 4. The van der Waals surface area contributed by atoms with Gasteiger partial charge in [-0.1, -0.05) is 19.1 Å². The monoisotopic (exact) mass is 571 g/mol. The molecule has 220 valence electrons. The van der Waals surface area contributed by atoms with Crippen LogP contribution in [0.3, 0.4) is 0 Å². The van der Waals surface area contributed by atoms with Crippen LogP contribution in [0.1, 0.15) is 67.3 Å². The Bertz CT molecular complexity index is 1520. The third kappa shape index (κ3) is 4.88. The average Bonchev–Trinajstić information content (AvgIpc) is 3.90. The number of carbonyl (C=O) groups is 2. The molecule has 2 saturated carbocycles. The second-order valence-electron chi connectivity index (χ2n) is 11.9. The Morgan fingerprint density at radius 2 is 1.88 bits per heavy atom. The van der Waals surface area contributed by atoms with Crippen molar-refractivity contribution in [3.05, 3.63) is 41.9 Å². The summed E-state index contributed by atoms with van der Waals surface area (Å²) in [6.45, 7) is 4.79. The van der Waals surface area contributed by atoms with Crippen LogP contribution in [-0.4, -0.2) is 81.1 Å². The van der Waals surface area contributed by atoms with Crippen LogP contribution in [0.4, 0.5) is 22.9 Å². The van der Waals surface area contributed by atoms with E-state index in [9.17, 15) is 14.7 Å². The second-order valence-corrected chi connectivity index (χ2v) is 11.9. The number of benzene rings is 1. The molecule has 2 aliphatic heterocycles. The summed E-state index contributed by atoms with van der Waals surface area (Å²) in [4.78, 5) is 30.1. The fourth-order valence-corrected chi connectivity index (χ4v) is 6.19. The Morgan fingerprint density at radius 1 is 1.07 bits per heavy atom. The minimum absolute atomic E-state index is 0.0228. The van der Waals surface area contributed by atoms with Crippen LogP contribution in [0.2, 0.25) is 0 Å². The van der Waals surface area contributed by atoms with Crippen molar-refractivity contribution in [1.82, 2.24) is 30.2 Å². The molecule has 4 N–H and O–H groups in total. The van der Waals surface area contributed by atoms with Gasteiger partial charge in [-0.3, -0.25) is 19.2 Å². The van der Waals surface area contributed by atoms with Crippen molar-refractivity contribution in [2.24, 2.45) is 5.92 Å². The van der Waals surface area contributed by atoms with Crippen LogP contribution in [0.5, 0.6) is 0 Å². The highest BCUT2D eigenvalue weighted by atomic mass is 16.3. The third-order valence-electron chi connectivity index (χ3n) is 8.77. The predicted octanol–water partition coefficient (Wildman–Crippen LogP) is 3.07. The number of carbonyl (C=O) groups excluding carboxylic acids is 2. The van der Waals surface area contributed by atoms with Gasteiger partial charge in [0.05, 0.1) is 47.6 Å². The summed E-state index contributed by atoms with van der Waals surface area (Å²) in [6, 6.07) is 8.37. The van der Waals surface area contributed by atoms with Crippen molar-refractivity contribution >= 4 is 34.7 Å². The van der Waals surface area contributed by atoms with E-state index in [-0.39, 0.29) is 48.2 Å². The zero-order valence-electron chi connectivity index (χ0n) is 24.0. The number of aliphatic hydroxyl groups is 1. The molecule has 3 fully saturated rings. The van der Waals surface area contributed by atoms with E-state index in [0.717, 1.165) is 67.7 Å². The Morgan fingerprint density at radius 3 is 2.60 bits per heavy atom. The summed E-state index contributed by atoms with van der Waals surface area (Å²) >= 11 is 0. The maximum Gasteiger partial charge on any atom is 0.274 e. The van der Waals surface area contributed by atoms with E-state index in [0.29, 0.717) is 18.1 Å². The summed E-state index contributed by atoms with van der Waals surface area (Å²) in [5.74, 6) is -0.00382. The summed E-state index contributed by atoms with van der Waals surface area (Å²) in [6.07, 6.45) is 6.54. The maximum absolute atomic E-state index is 13.2. The Kier molecular flexibility index (Phi) is 6.82. The van der Waals surface area contributed by atoms with Gasteiger partial charge in [-0.05, 0) is 38.2 Å². The van der Waals surface area contributed by atoms with E-state index in [2.05, 4.69) is 60.7 Å². The molecule has 2 amide bonds. The van der Waals surface area contributed by atoms with Crippen molar-refractivity contribution < 1.29 is 14.7 Å². The van der Waals surface area contributed by atoms with Crippen LogP contribution in [-0.2, 0) is 4.79 Å². The Labute approximate surface area is 244 Å². The lowest BCUT2D eigenvalue weighted by atomic mass is 9.91. The van der Waals surface area contributed by atoms with Gasteiger partial charge >= 0.3 is 0 Å². The number of fused-ring (bicyclic) bond motifs is 3. The van der Waals surface area contributed by atoms with Crippen molar-refractivity contribution in [2.45, 2.75) is 57.2 Å².